The van der Waals surface area contributed by atoms with Gasteiger partial charge in [0.2, 0.25) is 5.91 Å². The molecule has 3 heterocycles. The van der Waals surface area contributed by atoms with Gasteiger partial charge in [-0.2, -0.15) is 0 Å². The van der Waals surface area contributed by atoms with Crippen LogP contribution in [0.4, 0.5) is 17.3 Å². The third kappa shape index (κ3) is 4.03. The Labute approximate surface area is 166 Å². The molecule has 2 fully saturated rings. The minimum absolute atomic E-state index is 0.390. The van der Waals surface area contributed by atoms with E-state index in [0.717, 1.165) is 62.5 Å². The molecule has 7 nitrogen and oxygen atoms in total. The number of piperidine rings is 1. The third-order valence-electron chi connectivity index (χ3n) is 5.74. The number of carbonyl (C=O) groups is 1. The van der Waals surface area contributed by atoms with Gasteiger partial charge in [0.15, 0.2) is 0 Å². The van der Waals surface area contributed by atoms with Crippen LogP contribution in [0.3, 0.4) is 0 Å². The quantitative estimate of drug-likeness (QED) is 0.876. The lowest BCUT2D eigenvalue weighted by Crippen LogP contribution is -2.47. The molecule has 1 unspecified atom stereocenters. The maximum Gasteiger partial charge on any atom is 0.248 e. The first-order valence-corrected chi connectivity index (χ1v) is 10.1. The lowest BCUT2D eigenvalue weighted by Gasteiger charge is -2.37. The molecule has 0 aliphatic carbocycles. The number of amides is 1. The van der Waals surface area contributed by atoms with Crippen LogP contribution in [0.2, 0.25) is 0 Å². The summed E-state index contributed by atoms with van der Waals surface area (Å²) < 4.78 is 0. The summed E-state index contributed by atoms with van der Waals surface area (Å²) in [6.45, 7) is 8.10. The van der Waals surface area contributed by atoms with E-state index >= 15 is 0 Å². The number of benzene rings is 1. The van der Waals surface area contributed by atoms with Crippen molar-refractivity contribution in [1.82, 2.24) is 9.97 Å². The summed E-state index contributed by atoms with van der Waals surface area (Å²) in [5.41, 5.74) is 6.99. The highest BCUT2D eigenvalue weighted by molar-refractivity contribution is 5.93. The summed E-state index contributed by atoms with van der Waals surface area (Å²) in [4.78, 5) is 27.3. The standard InChI is InChI=1S/C21H28N6O/c1-16-3-2-8-27(14-16)20-13-19(23-15-24-20)26-11-9-25(10-12-26)18-6-4-17(5-7-18)21(22)28/h4-7,13,15-16H,2-3,8-12,14H2,1H3,(H2,22,28). The Hall–Kier alpha value is -2.83. The molecule has 2 aliphatic rings. The summed E-state index contributed by atoms with van der Waals surface area (Å²) in [6.07, 6.45) is 4.23. The molecule has 0 radical (unpaired) electrons. The van der Waals surface area contributed by atoms with E-state index in [1.54, 1.807) is 18.5 Å². The van der Waals surface area contributed by atoms with Crippen molar-refractivity contribution >= 4 is 23.2 Å². The zero-order valence-electron chi connectivity index (χ0n) is 16.4. The zero-order valence-corrected chi connectivity index (χ0v) is 16.4. The number of anilines is 3. The molecular weight excluding hydrogens is 352 g/mol. The van der Waals surface area contributed by atoms with E-state index in [-0.39, 0.29) is 5.91 Å². The fourth-order valence-corrected chi connectivity index (χ4v) is 4.11. The van der Waals surface area contributed by atoms with Crippen LogP contribution >= 0.6 is 0 Å². The SMILES string of the molecule is CC1CCCN(c2cc(N3CCN(c4ccc(C(N)=O)cc4)CC3)ncn2)C1. The fourth-order valence-electron chi connectivity index (χ4n) is 4.11. The van der Waals surface area contributed by atoms with Crippen molar-refractivity contribution in [3.8, 4) is 0 Å². The van der Waals surface area contributed by atoms with Crippen LogP contribution < -0.4 is 20.4 Å². The van der Waals surface area contributed by atoms with Crippen LogP contribution in [0.15, 0.2) is 36.7 Å². The molecule has 0 bridgehead atoms. The number of rotatable bonds is 4. The predicted octanol–water partition coefficient (Wildman–Crippen LogP) is 2.14. The number of nitrogens with zero attached hydrogens (tertiary/aromatic N) is 5. The van der Waals surface area contributed by atoms with Crippen molar-refractivity contribution in [2.24, 2.45) is 11.7 Å². The molecule has 1 aromatic carbocycles. The number of carbonyl (C=O) groups excluding carboxylic acids is 1. The summed E-state index contributed by atoms with van der Waals surface area (Å²) in [5.74, 6) is 2.38. The van der Waals surface area contributed by atoms with Crippen molar-refractivity contribution in [3.05, 3.63) is 42.2 Å². The van der Waals surface area contributed by atoms with Gasteiger partial charge in [-0.1, -0.05) is 6.92 Å². The molecule has 2 N–H and O–H groups in total. The Morgan fingerprint density at radius 2 is 1.61 bits per heavy atom. The first-order valence-electron chi connectivity index (χ1n) is 10.1. The molecule has 7 heteroatoms. The lowest BCUT2D eigenvalue weighted by molar-refractivity contribution is 0.100. The van der Waals surface area contributed by atoms with Gasteiger partial charge in [-0.15, -0.1) is 0 Å². The van der Waals surface area contributed by atoms with Crippen molar-refractivity contribution in [3.63, 3.8) is 0 Å². The Kier molecular flexibility index (Phi) is 5.32. The van der Waals surface area contributed by atoms with E-state index in [9.17, 15) is 4.79 Å². The van der Waals surface area contributed by atoms with Gasteiger partial charge in [0.05, 0.1) is 0 Å². The highest BCUT2D eigenvalue weighted by Crippen LogP contribution is 2.25. The second kappa shape index (κ2) is 8.04. The topological polar surface area (TPSA) is 78.6 Å². The summed E-state index contributed by atoms with van der Waals surface area (Å²) in [5, 5.41) is 0. The Morgan fingerprint density at radius 3 is 2.25 bits per heavy atom. The largest absolute Gasteiger partial charge is 0.368 e. The smallest absolute Gasteiger partial charge is 0.248 e. The predicted molar refractivity (Wildman–Crippen MR) is 112 cm³/mol. The Morgan fingerprint density at radius 1 is 0.964 bits per heavy atom. The first kappa shape index (κ1) is 18.5. The number of hydrogen-bond donors (Lipinski definition) is 1. The van der Waals surface area contributed by atoms with Gasteiger partial charge < -0.3 is 20.4 Å². The lowest BCUT2D eigenvalue weighted by atomic mass is 10.0. The van der Waals surface area contributed by atoms with Gasteiger partial charge in [0.1, 0.15) is 18.0 Å². The van der Waals surface area contributed by atoms with Crippen molar-refractivity contribution in [2.75, 3.05) is 54.0 Å². The van der Waals surface area contributed by atoms with Gasteiger partial charge in [0.25, 0.3) is 0 Å². The summed E-state index contributed by atoms with van der Waals surface area (Å²) >= 11 is 0. The molecule has 0 spiro atoms. The zero-order chi connectivity index (χ0) is 19.5. The maximum atomic E-state index is 11.2. The number of nitrogens with two attached hydrogens (primary N) is 1. The molecule has 148 valence electrons. The molecule has 1 atom stereocenters. The molecule has 2 saturated heterocycles. The molecule has 28 heavy (non-hydrogen) atoms. The van der Waals surface area contributed by atoms with Gasteiger partial charge in [-0.3, -0.25) is 4.79 Å². The molecular formula is C21H28N6O. The van der Waals surface area contributed by atoms with Gasteiger partial charge in [-0.05, 0) is 43.0 Å². The minimum Gasteiger partial charge on any atom is -0.368 e. The highest BCUT2D eigenvalue weighted by Gasteiger charge is 2.21. The summed E-state index contributed by atoms with van der Waals surface area (Å²) in [6, 6.07) is 9.65. The van der Waals surface area contributed by atoms with Gasteiger partial charge in [-0.25, -0.2) is 9.97 Å². The number of hydrogen-bond acceptors (Lipinski definition) is 6. The number of piperazine rings is 1. The van der Waals surface area contributed by atoms with Crippen LogP contribution in [0.1, 0.15) is 30.1 Å². The molecule has 1 aromatic heterocycles. The van der Waals surface area contributed by atoms with Crippen LogP contribution in [0.25, 0.3) is 0 Å². The van der Waals surface area contributed by atoms with Crippen LogP contribution in [-0.4, -0.2) is 55.1 Å². The first-order chi connectivity index (χ1) is 13.6. The van der Waals surface area contributed by atoms with E-state index < -0.39 is 0 Å². The highest BCUT2D eigenvalue weighted by atomic mass is 16.1. The van der Waals surface area contributed by atoms with E-state index in [4.69, 9.17) is 5.73 Å². The van der Waals surface area contributed by atoms with Crippen molar-refractivity contribution in [1.29, 1.82) is 0 Å². The maximum absolute atomic E-state index is 11.2. The van der Waals surface area contributed by atoms with E-state index in [0.29, 0.717) is 5.56 Å². The molecule has 4 rings (SSSR count). The molecule has 1 amide bonds. The van der Waals surface area contributed by atoms with Gasteiger partial charge >= 0.3 is 0 Å². The monoisotopic (exact) mass is 380 g/mol. The Bertz CT molecular complexity index is 816. The molecule has 0 saturated carbocycles. The number of aromatic nitrogens is 2. The van der Waals surface area contributed by atoms with E-state index in [1.807, 2.05) is 12.1 Å². The van der Waals surface area contributed by atoms with Crippen LogP contribution in [-0.2, 0) is 0 Å². The van der Waals surface area contributed by atoms with Gasteiger partial charge in [0, 0.05) is 56.6 Å². The van der Waals surface area contributed by atoms with Crippen LogP contribution in [0, 0.1) is 5.92 Å². The van der Waals surface area contributed by atoms with Crippen molar-refractivity contribution < 1.29 is 4.79 Å². The fraction of sp³-hybridized carbons (Fsp3) is 0.476. The second-order valence-corrected chi connectivity index (χ2v) is 7.81. The van der Waals surface area contributed by atoms with Crippen LogP contribution in [0.5, 0.6) is 0 Å². The van der Waals surface area contributed by atoms with E-state index in [2.05, 4.69) is 37.7 Å². The Balaban J connectivity index is 1.39. The number of primary amides is 1. The average Bonchev–Trinajstić information content (AvgIpc) is 2.74. The van der Waals surface area contributed by atoms with Crippen molar-refractivity contribution in [2.45, 2.75) is 19.8 Å². The third-order valence-corrected chi connectivity index (χ3v) is 5.74. The second-order valence-electron chi connectivity index (χ2n) is 7.81. The normalized spacial score (nSPS) is 20.3. The summed E-state index contributed by atoms with van der Waals surface area (Å²) in [7, 11) is 0. The average molecular weight is 380 g/mol. The van der Waals surface area contributed by atoms with E-state index in [1.165, 1.54) is 12.8 Å². The molecule has 2 aromatic rings. The minimum atomic E-state index is -0.390. The molecule has 2 aliphatic heterocycles.